The molecule has 1 aromatic carbocycles. The molecule has 0 saturated heterocycles. The predicted octanol–water partition coefficient (Wildman–Crippen LogP) is 1.59. The Labute approximate surface area is 100 Å². The Bertz CT molecular complexity index is 439. The summed E-state index contributed by atoms with van der Waals surface area (Å²) in [5, 5.41) is 3.48. The summed E-state index contributed by atoms with van der Waals surface area (Å²) in [6.07, 6.45) is 1.17. The van der Waals surface area contributed by atoms with E-state index in [0.717, 1.165) is 12.1 Å². The topological polar surface area (TPSA) is 59.6 Å². The number of rotatable bonds is 4. The van der Waals surface area contributed by atoms with Gasteiger partial charge in [-0.05, 0) is 24.4 Å². The van der Waals surface area contributed by atoms with Crippen LogP contribution < -0.4 is 15.9 Å². The van der Waals surface area contributed by atoms with Gasteiger partial charge in [0.1, 0.15) is 11.6 Å². The number of nitrogens with one attached hydrogen (secondary N) is 1. The van der Waals surface area contributed by atoms with E-state index in [2.05, 4.69) is 27.5 Å². The first-order valence-corrected chi connectivity index (χ1v) is 4.72. The van der Waals surface area contributed by atoms with E-state index >= 15 is 0 Å². The molecule has 4 nitrogen and oxygen atoms in total. The second-order valence-electron chi connectivity index (χ2n) is 2.83. The van der Waals surface area contributed by atoms with Crippen molar-refractivity contribution in [2.24, 2.45) is 10.8 Å². The highest BCUT2D eigenvalue weighted by molar-refractivity contribution is 7.80. The molecule has 8 heteroatoms. The average Bonchev–Trinajstić information content (AvgIpc) is 2.14. The van der Waals surface area contributed by atoms with Crippen LogP contribution in [0.4, 0.5) is 13.2 Å². The van der Waals surface area contributed by atoms with Crippen molar-refractivity contribution >= 4 is 23.5 Å². The molecule has 0 aliphatic heterocycles. The standard InChI is InChI=1S/C9H8F3N3OS/c10-6-1-5(4-14-15-9(13)17)2-7(3-6)16-8(11)12/h1-4,8H,(H3,13,15,17). The van der Waals surface area contributed by atoms with Gasteiger partial charge in [-0.15, -0.1) is 0 Å². The molecule has 0 bridgehead atoms. The van der Waals surface area contributed by atoms with Crippen molar-refractivity contribution in [1.82, 2.24) is 5.43 Å². The molecular weight excluding hydrogens is 255 g/mol. The van der Waals surface area contributed by atoms with Crippen LogP contribution in [-0.4, -0.2) is 17.9 Å². The minimum absolute atomic E-state index is 0.0679. The Hall–Kier alpha value is -1.83. The van der Waals surface area contributed by atoms with Crippen molar-refractivity contribution in [3.63, 3.8) is 0 Å². The second-order valence-corrected chi connectivity index (χ2v) is 3.27. The Morgan fingerprint density at radius 3 is 2.76 bits per heavy atom. The van der Waals surface area contributed by atoms with Crippen LogP contribution in [0.3, 0.4) is 0 Å². The van der Waals surface area contributed by atoms with Gasteiger partial charge in [-0.1, -0.05) is 0 Å². The largest absolute Gasteiger partial charge is 0.435 e. The molecule has 0 atom stereocenters. The van der Waals surface area contributed by atoms with Gasteiger partial charge in [0.2, 0.25) is 0 Å². The van der Waals surface area contributed by atoms with Crippen molar-refractivity contribution in [3.8, 4) is 5.75 Å². The lowest BCUT2D eigenvalue weighted by Gasteiger charge is -2.05. The lowest BCUT2D eigenvalue weighted by Crippen LogP contribution is -2.24. The highest BCUT2D eigenvalue weighted by atomic mass is 32.1. The highest BCUT2D eigenvalue weighted by Crippen LogP contribution is 2.17. The summed E-state index contributed by atoms with van der Waals surface area (Å²) in [5.41, 5.74) is 7.56. The summed E-state index contributed by atoms with van der Waals surface area (Å²) in [6.45, 7) is -3.02. The SMILES string of the molecule is NC(=S)NN=Cc1cc(F)cc(OC(F)F)c1. The molecule has 0 aromatic heterocycles. The summed E-state index contributed by atoms with van der Waals surface area (Å²) in [7, 11) is 0. The van der Waals surface area contributed by atoms with E-state index < -0.39 is 12.4 Å². The molecule has 0 saturated carbocycles. The Morgan fingerprint density at radius 2 is 2.18 bits per heavy atom. The third-order valence-corrected chi connectivity index (χ3v) is 1.60. The number of halogens is 3. The number of hydrazone groups is 1. The number of nitrogens with zero attached hydrogens (tertiary/aromatic N) is 1. The van der Waals surface area contributed by atoms with Gasteiger partial charge in [0.05, 0.1) is 6.21 Å². The van der Waals surface area contributed by atoms with Gasteiger partial charge in [0.25, 0.3) is 0 Å². The lowest BCUT2D eigenvalue weighted by atomic mass is 10.2. The Morgan fingerprint density at radius 1 is 1.47 bits per heavy atom. The van der Waals surface area contributed by atoms with E-state index in [1.165, 1.54) is 12.3 Å². The Balaban J connectivity index is 2.81. The number of nitrogens with two attached hydrogens (primary N) is 1. The summed E-state index contributed by atoms with van der Waals surface area (Å²) in [5.74, 6) is -1.02. The molecule has 17 heavy (non-hydrogen) atoms. The summed E-state index contributed by atoms with van der Waals surface area (Å²) < 4.78 is 40.9. The first kappa shape index (κ1) is 13.2. The fourth-order valence-electron chi connectivity index (χ4n) is 1.00. The maximum Gasteiger partial charge on any atom is 0.387 e. The molecule has 0 aliphatic rings. The van der Waals surface area contributed by atoms with E-state index in [9.17, 15) is 13.2 Å². The number of hydrogen-bond acceptors (Lipinski definition) is 3. The number of hydrogen-bond donors (Lipinski definition) is 2. The van der Waals surface area contributed by atoms with Crippen LogP contribution in [0.2, 0.25) is 0 Å². The van der Waals surface area contributed by atoms with Crippen LogP contribution >= 0.6 is 12.2 Å². The van der Waals surface area contributed by atoms with Gasteiger partial charge >= 0.3 is 6.61 Å². The summed E-state index contributed by atoms with van der Waals surface area (Å²) in [6, 6.07) is 3.12. The first-order chi connectivity index (χ1) is 7.97. The van der Waals surface area contributed by atoms with Crippen molar-refractivity contribution in [1.29, 1.82) is 0 Å². The van der Waals surface area contributed by atoms with Crippen LogP contribution in [0.25, 0.3) is 0 Å². The molecule has 0 unspecified atom stereocenters. The van der Waals surface area contributed by atoms with E-state index in [-0.39, 0.29) is 16.4 Å². The minimum Gasteiger partial charge on any atom is -0.435 e. The van der Waals surface area contributed by atoms with Gasteiger partial charge < -0.3 is 10.5 Å². The van der Waals surface area contributed by atoms with Crippen LogP contribution in [0.1, 0.15) is 5.56 Å². The van der Waals surface area contributed by atoms with Crippen LogP contribution in [-0.2, 0) is 0 Å². The summed E-state index contributed by atoms with van der Waals surface area (Å²) in [4.78, 5) is 0. The van der Waals surface area contributed by atoms with Gasteiger partial charge in [0, 0.05) is 11.6 Å². The third kappa shape index (κ3) is 5.16. The maximum absolute atomic E-state index is 13.0. The molecule has 1 rings (SSSR count). The van der Waals surface area contributed by atoms with Gasteiger partial charge in [0.15, 0.2) is 5.11 Å². The van der Waals surface area contributed by atoms with E-state index in [4.69, 9.17) is 5.73 Å². The molecule has 0 aliphatic carbocycles. The number of benzene rings is 1. The van der Waals surface area contributed by atoms with E-state index in [0.29, 0.717) is 0 Å². The third-order valence-electron chi connectivity index (χ3n) is 1.51. The molecule has 0 heterocycles. The monoisotopic (exact) mass is 263 g/mol. The molecule has 0 spiro atoms. The molecule has 3 N–H and O–H groups in total. The average molecular weight is 263 g/mol. The number of alkyl halides is 2. The fourth-order valence-corrected chi connectivity index (χ4v) is 1.05. The smallest absolute Gasteiger partial charge is 0.387 e. The minimum atomic E-state index is -3.02. The number of thiocarbonyl (C=S) groups is 1. The molecule has 0 radical (unpaired) electrons. The molecule has 92 valence electrons. The van der Waals surface area contributed by atoms with E-state index in [1.54, 1.807) is 0 Å². The highest BCUT2D eigenvalue weighted by Gasteiger charge is 2.06. The van der Waals surface area contributed by atoms with E-state index in [1.807, 2.05) is 0 Å². The van der Waals surface area contributed by atoms with Crippen LogP contribution in [0.5, 0.6) is 5.75 Å². The number of ether oxygens (including phenoxy) is 1. The zero-order valence-electron chi connectivity index (χ0n) is 8.36. The Kier molecular flexibility index (Phi) is 4.70. The summed E-state index contributed by atoms with van der Waals surface area (Å²) >= 11 is 4.47. The predicted molar refractivity (Wildman–Crippen MR) is 60.5 cm³/mol. The first-order valence-electron chi connectivity index (χ1n) is 4.31. The van der Waals surface area contributed by atoms with Crippen molar-refractivity contribution in [2.75, 3.05) is 0 Å². The zero-order valence-corrected chi connectivity index (χ0v) is 9.18. The van der Waals surface area contributed by atoms with Crippen molar-refractivity contribution in [2.45, 2.75) is 6.61 Å². The second kappa shape index (κ2) is 6.04. The molecule has 0 fully saturated rings. The lowest BCUT2D eigenvalue weighted by molar-refractivity contribution is -0.0499. The van der Waals surface area contributed by atoms with Gasteiger partial charge in [-0.25, -0.2) is 4.39 Å². The van der Waals surface area contributed by atoms with Crippen molar-refractivity contribution in [3.05, 3.63) is 29.6 Å². The normalized spacial score (nSPS) is 10.8. The fraction of sp³-hybridized carbons (Fsp3) is 0.111. The van der Waals surface area contributed by atoms with Crippen LogP contribution in [0.15, 0.2) is 23.3 Å². The zero-order chi connectivity index (χ0) is 12.8. The van der Waals surface area contributed by atoms with Crippen LogP contribution in [0, 0.1) is 5.82 Å². The van der Waals surface area contributed by atoms with Gasteiger partial charge in [-0.2, -0.15) is 13.9 Å². The van der Waals surface area contributed by atoms with Crippen molar-refractivity contribution < 1.29 is 17.9 Å². The maximum atomic E-state index is 13.0. The molecule has 1 aromatic rings. The van der Waals surface area contributed by atoms with Gasteiger partial charge in [-0.3, -0.25) is 5.43 Å². The molecular formula is C9H8F3N3OS. The molecule has 0 amide bonds. The quantitative estimate of drug-likeness (QED) is 0.492.